The van der Waals surface area contributed by atoms with E-state index in [0.717, 1.165) is 19.5 Å². The van der Waals surface area contributed by atoms with Crippen molar-refractivity contribution in [3.05, 3.63) is 23.8 Å². The lowest BCUT2D eigenvalue weighted by molar-refractivity contribution is 0.0592. The molecule has 0 aromatic heterocycles. The van der Waals surface area contributed by atoms with Crippen molar-refractivity contribution in [1.82, 2.24) is 5.32 Å². The number of hydrogen-bond acceptors (Lipinski definition) is 5. The van der Waals surface area contributed by atoms with Gasteiger partial charge < -0.3 is 19.5 Å². The zero-order valence-electron chi connectivity index (χ0n) is 10.6. The monoisotopic (exact) mass is 251 g/mol. The predicted octanol–water partition coefficient (Wildman–Crippen LogP) is 1.22. The van der Waals surface area contributed by atoms with Crippen LogP contribution in [0, 0.1) is 0 Å². The summed E-state index contributed by atoms with van der Waals surface area (Å²) in [5, 5.41) is 3.21. The quantitative estimate of drug-likeness (QED) is 0.815. The average Bonchev–Trinajstić information content (AvgIpc) is 2.91. The van der Waals surface area contributed by atoms with Crippen LogP contribution in [-0.2, 0) is 4.74 Å². The van der Waals surface area contributed by atoms with E-state index in [2.05, 4.69) is 5.32 Å². The minimum Gasteiger partial charge on any atom is -0.493 e. The Hall–Kier alpha value is -1.75. The summed E-state index contributed by atoms with van der Waals surface area (Å²) in [7, 11) is 2.90. The van der Waals surface area contributed by atoms with Gasteiger partial charge in [0.25, 0.3) is 0 Å². The number of methoxy groups -OCH3 is 2. The number of ether oxygens (including phenoxy) is 3. The van der Waals surface area contributed by atoms with Gasteiger partial charge in [0.15, 0.2) is 11.5 Å². The summed E-state index contributed by atoms with van der Waals surface area (Å²) in [5.41, 5.74) is 0.392. The smallest absolute Gasteiger partial charge is 0.341 e. The maximum atomic E-state index is 11.7. The standard InChI is InChI=1S/C13H17NO4/c1-16-11-5-3-4-10(13(15)17-2)12(11)18-9-6-7-14-8-9/h3-5,9,14H,6-8H2,1-2H3. The van der Waals surface area contributed by atoms with Crippen LogP contribution >= 0.6 is 0 Å². The molecule has 5 nitrogen and oxygen atoms in total. The highest BCUT2D eigenvalue weighted by Crippen LogP contribution is 2.33. The number of carbonyl (C=O) groups is 1. The van der Waals surface area contributed by atoms with Gasteiger partial charge in [-0.1, -0.05) is 6.07 Å². The van der Waals surface area contributed by atoms with E-state index < -0.39 is 5.97 Å². The first-order valence-electron chi connectivity index (χ1n) is 5.89. The summed E-state index contributed by atoms with van der Waals surface area (Å²) in [6.07, 6.45) is 0.975. The Labute approximate surface area is 106 Å². The van der Waals surface area contributed by atoms with Gasteiger partial charge in [-0.2, -0.15) is 0 Å². The molecule has 0 amide bonds. The number of benzene rings is 1. The van der Waals surface area contributed by atoms with Crippen molar-refractivity contribution in [2.24, 2.45) is 0 Å². The van der Waals surface area contributed by atoms with E-state index in [4.69, 9.17) is 14.2 Å². The van der Waals surface area contributed by atoms with Gasteiger partial charge in [-0.05, 0) is 25.1 Å². The number of carbonyl (C=O) groups excluding carboxylic acids is 1. The largest absolute Gasteiger partial charge is 0.493 e. The van der Waals surface area contributed by atoms with Gasteiger partial charge in [-0.3, -0.25) is 0 Å². The van der Waals surface area contributed by atoms with Gasteiger partial charge in [-0.25, -0.2) is 4.79 Å². The molecule has 98 valence electrons. The molecule has 1 N–H and O–H groups in total. The molecular weight excluding hydrogens is 234 g/mol. The van der Waals surface area contributed by atoms with Gasteiger partial charge in [0.2, 0.25) is 0 Å². The lowest BCUT2D eigenvalue weighted by Gasteiger charge is -2.17. The fourth-order valence-electron chi connectivity index (χ4n) is 1.96. The third kappa shape index (κ3) is 2.56. The summed E-state index contributed by atoms with van der Waals surface area (Å²) < 4.78 is 15.9. The molecule has 18 heavy (non-hydrogen) atoms. The van der Waals surface area contributed by atoms with Crippen LogP contribution in [0.3, 0.4) is 0 Å². The van der Waals surface area contributed by atoms with Gasteiger partial charge in [-0.15, -0.1) is 0 Å². The van der Waals surface area contributed by atoms with E-state index in [0.29, 0.717) is 17.1 Å². The summed E-state index contributed by atoms with van der Waals surface area (Å²) in [5.74, 6) is 0.584. The van der Waals surface area contributed by atoms with Crippen LogP contribution < -0.4 is 14.8 Å². The minimum absolute atomic E-state index is 0.0599. The van der Waals surface area contributed by atoms with Crippen LogP contribution in [0.2, 0.25) is 0 Å². The van der Waals surface area contributed by atoms with Crippen LogP contribution in [0.15, 0.2) is 18.2 Å². The van der Waals surface area contributed by atoms with E-state index in [1.807, 2.05) is 0 Å². The van der Waals surface area contributed by atoms with Crippen molar-refractivity contribution < 1.29 is 19.0 Å². The fraction of sp³-hybridized carbons (Fsp3) is 0.462. The molecule has 0 spiro atoms. The number of esters is 1. The highest BCUT2D eigenvalue weighted by Gasteiger charge is 2.23. The summed E-state index contributed by atoms with van der Waals surface area (Å²) in [4.78, 5) is 11.7. The van der Waals surface area contributed by atoms with Crippen molar-refractivity contribution in [3.8, 4) is 11.5 Å². The molecule has 0 aliphatic carbocycles. The summed E-state index contributed by atoms with van der Waals surface area (Å²) in [6, 6.07) is 5.18. The Balaban J connectivity index is 2.30. The summed E-state index contributed by atoms with van der Waals surface area (Å²) in [6.45, 7) is 1.70. The van der Waals surface area contributed by atoms with Crippen molar-refractivity contribution in [2.75, 3.05) is 27.3 Å². The zero-order valence-corrected chi connectivity index (χ0v) is 10.6. The predicted molar refractivity (Wildman–Crippen MR) is 66.2 cm³/mol. The van der Waals surface area contributed by atoms with Crippen molar-refractivity contribution >= 4 is 5.97 Å². The highest BCUT2D eigenvalue weighted by atomic mass is 16.5. The number of rotatable bonds is 4. The molecule has 1 atom stereocenters. The Kier molecular flexibility index (Phi) is 4.04. The van der Waals surface area contributed by atoms with Crippen LogP contribution in [0.1, 0.15) is 16.8 Å². The van der Waals surface area contributed by atoms with Gasteiger partial charge in [0, 0.05) is 6.54 Å². The third-order valence-electron chi connectivity index (χ3n) is 2.90. The molecule has 5 heteroatoms. The molecule has 0 saturated carbocycles. The highest BCUT2D eigenvalue weighted by molar-refractivity contribution is 5.93. The van der Waals surface area contributed by atoms with Gasteiger partial charge in [0.1, 0.15) is 11.7 Å². The molecule has 1 saturated heterocycles. The second-order valence-electron chi connectivity index (χ2n) is 4.06. The third-order valence-corrected chi connectivity index (χ3v) is 2.90. The second-order valence-corrected chi connectivity index (χ2v) is 4.06. The molecule has 1 fully saturated rings. The van der Waals surface area contributed by atoms with Crippen molar-refractivity contribution in [2.45, 2.75) is 12.5 Å². The first kappa shape index (κ1) is 12.7. The Morgan fingerprint density at radius 3 is 2.83 bits per heavy atom. The zero-order chi connectivity index (χ0) is 13.0. The first-order chi connectivity index (χ1) is 8.76. The maximum absolute atomic E-state index is 11.7. The van der Waals surface area contributed by atoms with Crippen LogP contribution in [0.4, 0.5) is 0 Å². The molecule has 0 radical (unpaired) electrons. The number of para-hydroxylation sites is 1. The topological polar surface area (TPSA) is 56.8 Å². The second kappa shape index (κ2) is 5.73. The maximum Gasteiger partial charge on any atom is 0.341 e. The summed E-state index contributed by atoms with van der Waals surface area (Å²) >= 11 is 0. The van der Waals surface area contributed by atoms with Gasteiger partial charge >= 0.3 is 5.97 Å². The van der Waals surface area contributed by atoms with Crippen LogP contribution in [0.5, 0.6) is 11.5 Å². The van der Waals surface area contributed by atoms with E-state index in [9.17, 15) is 4.79 Å². The normalized spacial score (nSPS) is 18.4. The molecular formula is C13H17NO4. The van der Waals surface area contributed by atoms with E-state index in [1.165, 1.54) is 7.11 Å². The van der Waals surface area contributed by atoms with E-state index >= 15 is 0 Å². The van der Waals surface area contributed by atoms with Crippen LogP contribution in [0.25, 0.3) is 0 Å². The lowest BCUT2D eigenvalue weighted by atomic mass is 10.2. The molecule has 1 aromatic rings. The minimum atomic E-state index is -0.421. The number of hydrogen-bond donors (Lipinski definition) is 1. The fourth-order valence-corrected chi connectivity index (χ4v) is 1.96. The molecule has 1 aromatic carbocycles. The van der Waals surface area contributed by atoms with Crippen molar-refractivity contribution in [1.29, 1.82) is 0 Å². The lowest BCUT2D eigenvalue weighted by Crippen LogP contribution is -2.21. The van der Waals surface area contributed by atoms with Crippen LogP contribution in [-0.4, -0.2) is 39.4 Å². The average molecular weight is 251 g/mol. The molecule has 2 rings (SSSR count). The molecule has 1 aliphatic heterocycles. The first-order valence-corrected chi connectivity index (χ1v) is 5.89. The molecule has 1 unspecified atom stereocenters. The van der Waals surface area contributed by atoms with Gasteiger partial charge in [0.05, 0.1) is 14.2 Å². The molecule has 1 heterocycles. The van der Waals surface area contributed by atoms with Crippen molar-refractivity contribution in [3.63, 3.8) is 0 Å². The Morgan fingerprint density at radius 1 is 1.39 bits per heavy atom. The molecule has 0 bridgehead atoms. The number of nitrogens with one attached hydrogen (secondary N) is 1. The SMILES string of the molecule is COC(=O)c1cccc(OC)c1OC1CCNC1. The molecule has 1 aliphatic rings. The van der Waals surface area contributed by atoms with E-state index in [-0.39, 0.29) is 6.10 Å². The Morgan fingerprint density at radius 2 is 2.22 bits per heavy atom. The van der Waals surface area contributed by atoms with E-state index in [1.54, 1.807) is 25.3 Å². The Bertz CT molecular complexity index is 427.